The molecule has 0 aromatic heterocycles. The predicted molar refractivity (Wildman–Crippen MR) is 64.5 cm³/mol. The van der Waals surface area contributed by atoms with Gasteiger partial charge >= 0.3 is 5.97 Å². The van der Waals surface area contributed by atoms with E-state index < -0.39 is 28.8 Å². The standard InChI is InChI=1S/C14H16F2O3/c1-4-14(12(17)18-5-2)13(3,19-14)10-7-6-9(15)8-11(10)16/h6-8H,4-5H2,1-3H3. The second kappa shape index (κ2) is 4.56. The van der Waals surface area contributed by atoms with Crippen molar-refractivity contribution in [3.05, 3.63) is 35.4 Å². The molecule has 0 bridgehead atoms. The number of benzene rings is 1. The van der Waals surface area contributed by atoms with Gasteiger partial charge in [0.15, 0.2) is 5.60 Å². The summed E-state index contributed by atoms with van der Waals surface area (Å²) < 4.78 is 37.3. The van der Waals surface area contributed by atoms with E-state index in [0.717, 1.165) is 12.1 Å². The third-order valence-electron chi connectivity index (χ3n) is 3.66. The van der Waals surface area contributed by atoms with Gasteiger partial charge in [0.1, 0.15) is 17.2 Å². The highest BCUT2D eigenvalue weighted by molar-refractivity contribution is 5.85. The fraction of sp³-hybridized carbons (Fsp3) is 0.500. The topological polar surface area (TPSA) is 38.8 Å². The van der Waals surface area contributed by atoms with Crippen LogP contribution in [0.15, 0.2) is 18.2 Å². The van der Waals surface area contributed by atoms with E-state index in [1.165, 1.54) is 6.07 Å². The molecule has 0 spiro atoms. The highest BCUT2D eigenvalue weighted by Crippen LogP contribution is 2.58. The van der Waals surface area contributed by atoms with Crippen molar-refractivity contribution in [3.8, 4) is 0 Å². The van der Waals surface area contributed by atoms with Crippen molar-refractivity contribution in [2.24, 2.45) is 0 Å². The summed E-state index contributed by atoms with van der Waals surface area (Å²) >= 11 is 0. The van der Waals surface area contributed by atoms with Crippen LogP contribution in [0, 0.1) is 11.6 Å². The summed E-state index contributed by atoms with van der Waals surface area (Å²) in [5.74, 6) is -1.89. The largest absolute Gasteiger partial charge is 0.464 e. The first-order chi connectivity index (χ1) is 8.91. The minimum atomic E-state index is -1.18. The highest BCUT2D eigenvalue weighted by atomic mass is 19.1. The van der Waals surface area contributed by atoms with E-state index in [1.807, 2.05) is 0 Å². The zero-order valence-corrected chi connectivity index (χ0v) is 11.1. The number of hydrogen-bond donors (Lipinski definition) is 0. The lowest BCUT2D eigenvalue weighted by Gasteiger charge is -2.15. The summed E-state index contributed by atoms with van der Waals surface area (Å²) in [6.45, 7) is 5.30. The lowest BCUT2D eigenvalue weighted by atomic mass is 9.85. The van der Waals surface area contributed by atoms with Crippen LogP contribution in [-0.4, -0.2) is 18.2 Å². The van der Waals surface area contributed by atoms with Crippen LogP contribution in [0.3, 0.4) is 0 Å². The molecule has 2 atom stereocenters. The minimum absolute atomic E-state index is 0.170. The lowest BCUT2D eigenvalue weighted by molar-refractivity contribution is -0.149. The Kier molecular flexibility index (Phi) is 3.34. The van der Waals surface area contributed by atoms with Gasteiger partial charge < -0.3 is 9.47 Å². The first kappa shape index (κ1) is 13.9. The van der Waals surface area contributed by atoms with Gasteiger partial charge in [-0.2, -0.15) is 0 Å². The van der Waals surface area contributed by atoms with Crippen molar-refractivity contribution >= 4 is 5.97 Å². The van der Waals surface area contributed by atoms with Crippen LogP contribution in [-0.2, 0) is 19.9 Å². The molecule has 104 valence electrons. The van der Waals surface area contributed by atoms with Gasteiger partial charge in [0, 0.05) is 11.6 Å². The number of epoxide rings is 1. The van der Waals surface area contributed by atoms with Gasteiger partial charge in [-0.3, -0.25) is 0 Å². The van der Waals surface area contributed by atoms with Crippen molar-refractivity contribution in [1.29, 1.82) is 0 Å². The van der Waals surface area contributed by atoms with Crippen molar-refractivity contribution in [2.75, 3.05) is 6.61 Å². The Morgan fingerprint density at radius 2 is 2.05 bits per heavy atom. The van der Waals surface area contributed by atoms with Gasteiger partial charge in [-0.05, 0) is 26.3 Å². The molecule has 1 aromatic rings. The van der Waals surface area contributed by atoms with Gasteiger partial charge in [0.2, 0.25) is 0 Å². The van der Waals surface area contributed by atoms with E-state index in [2.05, 4.69) is 0 Å². The number of rotatable bonds is 4. The second-order valence-corrected chi connectivity index (χ2v) is 4.66. The molecule has 2 rings (SSSR count). The van der Waals surface area contributed by atoms with Gasteiger partial charge in [-0.1, -0.05) is 13.0 Å². The molecule has 5 heteroatoms. The van der Waals surface area contributed by atoms with Crippen LogP contribution in [0.4, 0.5) is 8.78 Å². The lowest BCUT2D eigenvalue weighted by Crippen LogP contribution is -2.33. The van der Waals surface area contributed by atoms with Crippen LogP contribution in [0.1, 0.15) is 32.8 Å². The summed E-state index contributed by atoms with van der Waals surface area (Å²) in [6.07, 6.45) is 0.360. The van der Waals surface area contributed by atoms with E-state index in [4.69, 9.17) is 9.47 Å². The molecule has 1 aliphatic rings. The zero-order valence-electron chi connectivity index (χ0n) is 11.1. The molecular formula is C14H16F2O3. The molecule has 1 aromatic carbocycles. The molecule has 3 nitrogen and oxygen atoms in total. The van der Waals surface area contributed by atoms with E-state index in [0.29, 0.717) is 6.42 Å². The normalized spacial score (nSPS) is 29.1. The maximum atomic E-state index is 13.8. The second-order valence-electron chi connectivity index (χ2n) is 4.66. The van der Waals surface area contributed by atoms with Crippen LogP contribution < -0.4 is 0 Å². The third kappa shape index (κ3) is 1.92. The summed E-state index contributed by atoms with van der Waals surface area (Å²) in [6, 6.07) is 3.24. The molecule has 0 amide bonds. The van der Waals surface area contributed by atoms with Crippen molar-refractivity contribution in [1.82, 2.24) is 0 Å². The predicted octanol–water partition coefficient (Wildman–Crippen LogP) is 2.92. The minimum Gasteiger partial charge on any atom is -0.464 e. The molecule has 19 heavy (non-hydrogen) atoms. The first-order valence-electron chi connectivity index (χ1n) is 6.24. The fourth-order valence-corrected chi connectivity index (χ4v) is 2.51. The van der Waals surface area contributed by atoms with Crippen molar-refractivity contribution in [2.45, 2.75) is 38.4 Å². The smallest absolute Gasteiger partial charge is 0.341 e. The van der Waals surface area contributed by atoms with Crippen LogP contribution in [0.5, 0.6) is 0 Å². The van der Waals surface area contributed by atoms with E-state index in [-0.39, 0.29) is 12.2 Å². The van der Waals surface area contributed by atoms with Crippen molar-refractivity contribution < 1.29 is 23.0 Å². The molecule has 0 N–H and O–H groups in total. The molecule has 0 radical (unpaired) electrons. The Labute approximate surface area is 110 Å². The van der Waals surface area contributed by atoms with E-state index in [1.54, 1.807) is 20.8 Å². The van der Waals surface area contributed by atoms with E-state index in [9.17, 15) is 13.6 Å². The first-order valence-corrected chi connectivity index (χ1v) is 6.24. The molecule has 1 saturated heterocycles. The van der Waals surface area contributed by atoms with Gasteiger partial charge in [-0.15, -0.1) is 0 Å². The molecule has 0 aliphatic carbocycles. The highest BCUT2D eigenvalue weighted by Gasteiger charge is 2.73. The number of ether oxygens (including phenoxy) is 2. The summed E-state index contributed by atoms with van der Waals surface area (Å²) in [7, 11) is 0. The number of halogens is 2. The summed E-state index contributed by atoms with van der Waals surface area (Å²) in [4.78, 5) is 12.0. The van der Waals surface area contributed by atoms with E-state index >= 15 is 0 Å². The Bertz CT molecular complexity index is 517. The van der Waals surface area contributed by atoms with Gasteiger partial charge in [0.25, 0.3) is 0 Å². The fourth-order valence-electron chi connectivity index (χ4n) is 2.51. The summed E-state index contributed by atoms with van der Waals surface area (Å²) in [5.41, 5.74) is -2.11. The maximum Gasteiger partial charge on any atom is 0.341 e. The molecule has 0 saturated carbocycles. The molecule has 1 fully saturated rings. The SMILES string of the molecule is CCOC(=O)C1(CC)OC1(C)c1ccc(F)cc1F. The van der Waals surface area contributed by atoms with Gasteiger partial charge in [-0.25, -0.2) is 13.6 Å². The molecule has 2 unspecified atom stereocenters. The Morgan fingerprint density at radius 1 is 1.37 bits per heavy atom. The van der Waals surface area contributed by atoms with Gasteiger partial charge in [0.05, 0.1) is 6.61 Å². The maximum absolute atomic E-state index is 13.8. The Balaban J connectivity index is 2.37. The van der Waals surface area contributed by atoms with Crippen LogP contribution in [0.2, 0.25) is 0 Å². The average molecular weight is 270 g/mol. The van der Waals surface area contributed by atoms with Crippen LogP contribution in [0.25, 0.3) is 0 Å². The number of carbonyl (C=O) groups excluding carboxylic acids is 1. The Morgan fingerprint density at radius 3 is 2.58 bits per heavy atom. The van der Waals surface area contributed by atoms with Crippen LogP contribution >= 0.6 is 0 Å². The summed E-state index contributed by atoms with van der Waals surface area (Å²) in [5, 5.41) is 0. The monoisotopic (exact) mass is 270 g/mol. The quantitative estimate of drug-likeness (QED) is 0.623. The molecule has 1 heterocycles. The third-order valence-corrected chi connectivity index (χ3v) is 3.66. The van der Waals surface area contributed by atoms with Crippen molar-refractivity contribution in [3.63, 3.8) is 0 Å². The molecular weight excluding hydrogens is 254 g/mol. The number of esters is 1. The number of carbonyl (C=O) groups is 1. The Hall–Kier alpha value is -1.49. The number of hydrogen-bond acceptors (Lipinski definition) is 3. The molecule has 1 aliphatic heterocycles. The average Bonchev–Trinajstić information content (AvgIpc) is 2.97. The zero-order chi connectivity index (χ0) is 14.3.